The molecule has 0 saturated carbocycles. The molecule has 0 aromatic carbocycles. The number of rotatable bonds is 0. The molecule has 0 aromatic heterocycles. The van der Waals surface area contributed by atoms with Crippen molar-refractivity contribution >= 4 is 31.1 Å². The summed E-state index contributed by atoms with van der Waals surface area (Å²) in [6.07, 6.45) is 4.56. The van der Waals surface area contributed by atoms with Gasteiger partial charge in [-0.25, -0.2) is 0 Å². The van der Waals surface area contributed by atoms with E-state index in [1.807, 2.05) is 0 Å². The van der Waals surface area contributed by atoms with Crippen LogP contribution in [0.25, 0.3) is 0 Å². The Bertz CT molecular complexity index is 80.5. The van der Waals surface area contributed by atoms with Crippen molar-refractivity contribution in [1.82, 2.24) is 0 Å². The summed E-state index contributed by atoms with van der Waals surface area (Å²) in [6, 6.07) is 3.18. The number of hydrogen-bond donors (Lipinski definition) is 0. The molecule has 0 aromatic rings. The molecule has 0 spiro atoms. The van der Waals surface area contributed by atoms with Crippen LogP contribution in [-0.2, 0) is 0 Å². The third kappa shape index (κ3) is 3.63. The fourth-order valence-electron chi connectivity index (χ4n) is 1.51. The van der Waals surface area contributed by atoms with E-state index < -0.39 is 8.07 Å². The zero-order valence-corrected chi connectivity index (χ0v) is 9.16. The first-order valence-corrected chi connectivity index (χ1v) is 7.12. The quantitative estimate of drug-likeness (QED) is 0.471. The van der Waals surface area contributed by atoms with E-state index >= 15 is 0 Å². The van der Waals surface area contributed by atoms with Gasteiger partial charge in [-0.3, -0.25) is 0 Å². The standard InChI is InChI=1S/C7H16Si.Mg.2H/c1-8(2)6-4-3-5-7-8;;;/h3-7H2,1-2H3;;;/q;+2;2*-1. The monoisotopic (exact) mass is 154 g/mol. The second-order valence-electron chi connectivity index (χ2n) is 3.72. The Labute approximate surface area is 78.5 Å². The third-order valence-corrected chi connectivity index (χ3v) is 5.62. The second kappa shape index (κ2) is 3.99. The van der Waals surface area contributed by atoms with Crippen LogP contribution in [0.2, 0.25) is 25.2 Å². The summed E-state index contributed by atoms with van der Waals surface area (Å²) >= 11 is 0. The van der Waals surface area contributed by atoms with Crippen LogP contribution in [-0.4, -0.2) is 31.1 Å². The molecule has 1 rings (SSSR count). The van der Waals surface area contributed by atoms with Gasteiger partial charge in [0.2, 0.25) is 0 Å². The van der Waals surface area contributed by atoms with E-state index in [4.69, 9.17) is 0 Å². The van der Waals surface area contributed by atoms with E-state index in [1.165, 1.54) is 19.3 Å². The topological polar surface area (TPSA) is 0 Å². The zero-order chi connectivity index (χ0) is 6.04. The first kappa shape index (κ1) is 9.98. The van der Waals surface area contributed by atoms with Crippen LogP contribution < -0.4 is 0 Å². The molecule has 0 aliphatic carbocycles. The average Bonchev–Trinajstić information content (AvgIpc) is 1.65. The average molecular weight is 155 g/mol. The van der Waals surface area contributed by atoms with Crippen molar-refractivity contribution in [2.45, 2.75) is 44.4 Å². The molecule has 0 atom stereocenters. The molecule has 2 heteroatoms. The van der Waals surface area contributed by atoms with E-state index in [0.29, 0.717) is 0 Å². The van der Waals surface area contributed by atoms with Gasteiger partial charge in [0.25, 0.3) is 0 Å². The summed E-state index contributed by atoms with van der Waals surface area (Å²) in [6.45, 7) is 5.04. The summed E-state index contributed by atoms with van der Waals surface area (Å²) in [7, 11) is -0.590. The van der Waals surface area contributed by atoms with E-state index in [9.17, 15) is 0 Å². The van der Waals surface area contributed by atoms with Crippen molar-refractivity contribution in [3.8, 4) is 0 Å². The summed E-state index contributed by atoms with van der Waals surface area (Å²) in [5.74, 6) is 0. The molecular weight excluding hydrogens is 136 g/mol. The van der Waals surface area contributed by atoms with Crippen molar-refractivity contribution in [1.29, 1.82) is 0 Å². The molecule has 1 fully saturated rings. The Morgan fingerprint density at radius 3 is 1.67 bits per heavy atom. The van der Waals surface area contributed by atoms with Gasteiger partial charge in [0.15, 0.2) is 0 Å². The molecule has 0 N–H and O–H groups in total. The Hall–Kier alpha value is 0.983. The maximum Gasteiger partial charge on any atom is 2.00 e. The Morgan fingerprint density at radius 1 is 1.00 bits per heavy atom. The predicted molar refractivity (Wildman–Crippen MR) is 48.9 cm³/mol. The van der Waals surface area contributed by atoms with Gasteiger partial charge in [0, 0.05) is 8.07 Å². The van der Waals surface area contributed by atoms with Crippen LogP contribution >= 0.6 is 0 Å². The normalized spacial score (nSPS) is 24.7. The van der Waals surface area contributed by atoms with Crippen LogP contribution in [0.4, 0.5) is 0 Å². The Morgan fingerprint density at radius 2 is 1.44 bits per heavy atom. The maximum atomic E-state index is 2.52. The van der Waals surface area contributed by atoms with E-state index in [-0.39, 0.29) is 25.9 Å². The fraction of sp³-hybridized carbons (Fsp3) is 1.00. The summed E-state index contributed by atoms with van der Waals surface area (Å²) in [5.41, 5.74) is 0. The van der Waals surface area contributed by atoms with Crippen LogP contribution in [0.3, 0.4) is 0 Å². The fourth-order valence-corrected chi connectivity index (χ4v) is 4.17. The molecule has 1 saturated heterocycles. The van der Waals surface area contributed by atoms with Crippen molar-refractivity contribution in [3.63, 3.8) is 0 Å². The van der Waals surface area contributed by atoms with Crippen LogP contribution in [0, 0.1) is 0 Å². The molecule has 1 aliphatic rings. The number of hydrogen-bond acceptors (Lipinski definition) is 0. The SMILES string of the molecule is C[Si]1(C)CCCCC1.[H-].[H-].[Mg+2]. The van der Waals surface area contributed by atoms with Gasteiger partial charge < -0.3 is 2.85 Å². The van der Waals surface area contributed by atoms with Crippen LogP contribution in [0.15, 0.2) is 0 Å². The molecular formula is C7H18MgSi. The Balaban J connectivity index is -0.000000213. The van der Waals surface area contributed by atoms with E-state index in [2.05, 4.69) is 13.1 Å². The van der Waals surface area contributed by atoms with Gasteiger partial charge in [-0.1, -0.05) is 44.4 Å². The maximum absolute atomic E-state index is 2.52. The summed E-state index contributed by atoms with van der Waals surface area (Å²) < 4.78 is 0. The molecule has 0 amide bonds. The van der Waals surface area contributed by atoms with Gasteiger partial charge in [-0.2, -0.15) is 0 Å². The first-order chi connectivity index (χ1) is 3.71. The van der Waals surface area contributed by atoms with Gasteiger partial charge in [-0.05, 0) is 0 Å². The van der Waals surface area contributed by atoms with Crippen LogP contribution in [0.1, 0.15) is 22.1 Å². The molecule has 1 aliphatic heterocycles. The van der Waals surface area contributed by atoms with Gasteiger partial charge in [-0.15, -0.1) is 0 Å². The van der Waals surface area contributed by atoms with Crippen molar-refractivity contribution in [3.05, 3.63) is 0 Å². The smallest absolute Gasteiger partial charge is 1.00 e. The minimum Gasteiger partial charge on any atom is -1.00 e. The van der Waals surface area contributed by atoms with Gasteiger partial charge >= 0.3 is 23.1 Å². The van der Waals surface area contributed by atoms with Crippen molar-refractivity contribution in [2.75, 3.05) is 0 Å². The van der Waals surface area contributed by atoms with Gasteiger partial charge in [0.05, 0.1) is 0 Å². The van der Waals surface area contributed by atoms with E-state index in [0.717, 1.165) is 0 Å². The van der Waals surface area contributed by atoms with Crippen LogP contribution in [0.5, 0.6) is 0 Å². The molecule has 0 bridgehead atoms. The third-order valence-electron chi connectivity index (χ3n) is 2.21. The second-order valence-corrected chi connectivity index (χ2v) is 9.05. The largest absolute Gasteiger partial charge is 2.00 e. The molecule has 0 radical (unpaired) electrons. The molecule has 0 unspecified atom stereocenters. The summed E-state index contributed by atoms with van der Waals surface area (Å²) in [5, 5.41) is 0. The minimum absolute atomic E-state index is 0. The first-order valence-electron chi connectivity index (χ1n) is 3.71. The zero-order valence-electron chi connectivity index (χ0n) is 8.74. The van der Waals surface area contributed by atoms with E-state index in [1.54, 1.807) is 12.1 Å². The summed E-state index contributed by atoms with van der Waals surface area (Å²) in [4.78, 5) is 0. The minimum atomic E-state index is -0.590. The molecule has 1 heterocycles. The van der Waals surface area contributed by atoms with Crippen molar-refractivity contribution in [2.24, 2.45) is 0 Å². The predicted octanol–water partition coefficient (Wildman–Crippen LogP) is 2.72. The van der Waals surface area contributed by atoms with Gasteiger partial charge in [0.1, 0.15) is 0 Å². The van der Waals surface area contributed by atoms with Crippen molar-refractivity contribution < 1.29 is 2.85 Å². The molecule has 0 nitrogen and oxygen atoms in total. The molecule has 9 heavy (non-hydrogen) atoms. The molecule has 52 valence electrons. The Kier molecular flexibility index (Phi) is 4.42.